The fourth-order valence-corrected chi connectivity index (χ4v) is 6.17. The summed E-state index contributed by atoms with van der Waals surface area (Å²) in [5.74, 6) is -1.77. The molecule has 0 aromatic heterocycles. The second kappa shape index (κ2) is 12.2. The lowest BCUT2D eigenvalue weighted by Crippen LogP contribution is -2.60. The number of thioether (sulfide) groups is 1. The number of nitrogens with one attached hydrogen (secondary N) is 1. The number of rotatable bonds is 12. The molecule has 0 saturated carbocycles. The fourth-order valence-electron chi connectivity index (χ4n) is 4.99. The Kier molecular flexibility index (Phi) is 8.67. The van der Waals surface area contributed by atoms with E-state index in [0.717, 1.165) is 5.56 Å². The summed E-state index contributed by atoms with van der Waals surface area (Å²) in [7, 11) is 0. The van der Waals surface area contributed by atoms with Gasteiger partial charge in [0.1, 0.15) is 12.3 Å². The lowest BCUT2D eigenvalue weighted by molar-refractivity contribution is -0.385. The first-order chi connectivity index (χ1) is 19.1. The summed E-state index contributed by atoms with van der Waals surface area (Å²) in [4.78, 5) is 59.7. The number of ether oxygens (including phenoxy) is 1. The van der Waals surface area contributed by atoms with E-state index >= 15 is 0 Å². The van der Waals surface area contributed by atoms with Gasteiger partial charge in [-0.3, -0.25) is 25.0 Å². The van der Waals surface area contributed by atoms with Gasteiger partial charge in [0, 0.05) is 47.4 Å². The highest BCUT2D eigenvalue weighted by molar-refractivity contribution is 8.03. The van der Waals surface area contributed by atoms with E-state index in [1.165, 1.54) is 53.1 Å². The Hall–Kier alpha value is -4.46. The Morgan fingerprint density at radius 2 is 1.57 bits per heavy atom. The first-order valence-corrected chi connectivity index (χ1v) is 13.4. The van der Waals surface area contributed by atoms with Crippen molar-refractivity contribution in [1.29, 1.82) is 0 Å². The molecular weight excluding hydrogens is 544 g/mol. The van der Waals surface area contributed by atoms with Gasteiger partial charge in [0.15, 0.2) is 0 Å². The lowest BCUT2D eigenvalue weighted by atomic mass is 9.78. The number of nitrogens with zero attached hydrogens (tertiary/aromatic N) is 3. The molecule has 210 valence electrons. The third-order valence-corrected chi connectivity index (χ3v) is 8.09. The van der Waals surface area contributed by atoms with Crippen LogP contribution in [0.4, 0.5) is 16.2 Å². The topological polar surface area (TPSA) is 182 Å². The highest BCUT2D eigenvalue weighted by Crippen LogP contribution is 2.51. The second-order valence-electron chi connectivity index (χ2n) is 9.24. The second-order valence-corrected chi connectivity index (χ2v) is 10.4. The van der Waals surface area contributed by atoms with Crippen molar-refractivity contribution >= 4 is 41.1 Å². The van der Waals surface area contributed by atoms with Crippen LogP contribution in [0.2, 0.25) is 0 Å². The highest BCUT2D eigenvalue weighted by Gasteiger charge is 2.58. The van der Waals surface area contributed by atoms with Gasteiger partial charge >= 0.3 is 12.1 Å². The van der Waals surface area contributed by atoms with Gasteiger partial charge in [-0.2, -0.15) is 0 Å². The van der Waals surface area contributed by atoms with Gasteiger partial charge in [-0.1, -0.05) is 19.1 Å². The summed E-state index contributed by atoms with van der Waals surface area (Å²) >= 11 is 1.24. The van der Waals surface area contributed by atoms with Crippen molar-refractivity contribution < 1.29 is 34.1 Å². The Morgan fingerprint density at radius 1 is 1.00 bits per heavy atom. The highest BCUT2D eigenvalue weighted by atomic mass is 32.2. The van der Waals surface area contributed by atoms with Crippen molar-refractivity contribution in [2.45, 2.75) is 32.4 Å². The normalized spacial score (nSPS) is 19.6. The molecule has 0 radical (unpaired) electrons. The van der Waals surface area contributed by atoms with Gasteiger partial charge in [-0.25, -0.2) is 9.59 Å². The smallest absolute Gasteiger partial charge is 0.407 e. The summed E-state index contributed by atoms with van der Waals surface area (Å²) in [6.07, 6.45) is 0.251. The van der Waals surface area contributed by atoms with E-state index in [4.69, 9.17) is 4.74 Å². The zero-order valence-corrected chi connectivity index (χ0v) is 22.2. The summed E-state index contributed by atoms with van der Waals surface area (Å²) in [5.41, 5.74) is 1.17. The number of benzene rings is 2. The van der Waals surface area contributed by atoms with Gasteiger partial charge in [-0.05, 0) is 36.1 Å². The number of carbonyl (C=O) groups is 3. The quantitative estimate of drug-likeness (QED) is 0.164. The van der Waals surface area contributed by atoms with Crippen LogP contribution in [0.25, 0.3) is 0 Å². The van der Waals surface area contributed by atoms with Gasteiger partial charge in [0.2, 0.25) is 5.91 Å². The number of aliphatic carboxylic acids is 1. The molecule has 2 heterocycles. The number of alkyl carbamates (subject to hydrolysis) is 1. The minimum Gasteiger partial charge on any atom is -0.477 e. The molecule has 2 aromatic rings. The minimum atomic E-state index is -1.21. The van der Waals surface area contributed by atoms with E-state index in [2.05, 4.69) is 5.32 Å². The Labute approximate surface area is 232 Å². The third-order valence-electron chi connectivity index (χ3n) is 6.88. The number of carboxylic acids is 1. The van der Waals surface area contributed by atoms with Crippen LogP contribution in [0.15, 0.2) is 59.1 Å². The van der Waals surface area contributed by atoms with Gasteiger partial charge < -0.3 is 20.1 Å². The average Bonchev–Trinajstić information content (AvgIpc) is 3.20. The first kappa shape index (κ1) is 28.5. The fraction of sp³-hybridized carbons (Fsp3) is 0.346. The Balaban J connectivity index is 1.39. The number of hydrogen-bond acceptors (Lipinski definition) is 9. The molecule has 3 unspecified atom stereocenters. The molecule has 4 rings (SSSR count). The number of nitro groups is 2. The molecule has 0 aliphatic carbocycles. The molecule has 1 saturated heterocycles. The molecule has 0 spiro atoms. The van der Waals surface area contributed by atoms with Crippen molar-refractivity contribution in [2.24, 2.45) is 11.8 Å². The molecule has 40 heavy (non-hydrogen) atoms. The first-order valence-electron chi connectivity index (χ1n) is 12.4. The standard InChI is InChI=1S/C26H26N4O9S/c1-2-19-21-20(13-15-3-7-17(8-4-15)29(35)36)23(22(25(32)33)28(21)24(19)31)40-12-11-27-26(34)39-14-16-5-9-18(10-6-16)30(37)38/h3-10,19-21H,2,11-14H2,1H3,(H,27,34)(H,32,33). The van der Waals surface area contributed by atoms with Crippen LogP contribution in [0.5, 0.6) is 0 Å². The summed E-state index contributed by atoms with van der Waals surface area (Å²) in [6, 6.07) is 11.3. The predicted octanol–water partition coefficient (Wildman–Crippen LogP) is 3.87. The van der Waals surface area contributed by atoms with Crippen molar-refractivity contribution in [3.05, 3.63) is 90.5 Å². The maximum absolute atomic E-state index is 12.7. The molecule has 3 atom stereocenters. The third kappa shape index (κ3) is 5.91. The molecule has 14 heteroatoms. The molecule has 2 N–H and O–H groups in total. The van der Waals surface area contributed by atoms with E-state index in [1.807, 2.05) is 6.92 Å². The summed E-state index contributed by atoms with van der Waals surface area (Å²) in [5, 5.41) is 34.3. The predicted molar refractivity (Wildman–Crippen MR) is 143 cm³/mol. The number of carboxylic acid groups (broad SMARTS) is 1. The number of non-ortho nitro benzene ring substituents is 2. The van der Waals surface area contributed by atoms with E-state index in [0.29, 0.717) is 29.1 Å². The van der Waals surface area contributed by atoms with Crippen molar-refractivity contribution in [3.8, 4) is 0 Å². The molecule has 1 fully saturated rings. The zero-order chi connectivity index (χ0) is 29.0. The largest absolute Gasteiger partial charge is 0.477 e. The van der Waals surface area contributed by atoms with Crippen LogP contribution < -0.4 is 5.32 Å². The number of carbonyl (C=O) groups excluding carboxylic acids is 2. The van der Waals surface area contributed by atoms with Crippen molar-refractivity contribution in [2.75, 3.05) is 12.3 Å². The number of fused-ring (bicyclic) bond motifs is 1. The lowest BCUT2D eigenvalue weighted by Gasteiger charge is -2.45. The Morgan fingerprint density at radius 3 is 2.10 bits per heavy atom. The van der Waals surface area contributed by atoms with Crippen LogP contribution in [-0.4, -0.2) is 56.2 Å². The molecule has 2 amide bonds. The number of hydrogen-bond donors (Lipinski definition) is 2. The summed E-state index contributed by atoms with van der Waals surface area (Å²) < 4.78 is 5.14. The van der Waals surface area contributed by atoms with Crippen LogP contribution in [-0.2, 0) is 27.4 Å². The SMILES string of the molecule is CCC1C(=O)N2C(C(=O)O)=C(SCCNC(=O)OCc3ccc([N+](=O)[O-])cc3)C(Cc3ccc([N+](=O)[O-])cc3)C12. The average molecular weight is 571 g/mol. The van der Waals surface area contributed by atoms with Gasteiger partial charge in [0.25, 0.3) is 11.4 Å². The molecular formula is C26H26N4O9S. The van der Waals surface area contributed by atoms with Crippen LogP contribution >= 0.6 is 11.8 Å². The number of β-lactam (4-membered cyclic amide) rings is 1. The summed E-state index contributed by atoms with van der Waals surface area (Å²) in [6.45, 7) is 1.95. The molecule has 0 bridgehead atoms. The minimum absolute atomic E-state index is 0.0510. The maximum atomic E-state index is 12.7. The van der Waals surface area contributed by atoms with Crippen LogP contribution in [0, 0.1) is 32.1 Å². The van der Waals surface area contributed by atoms with E-state index in [1.54, 1.807) is 12.1 Å². The van der Waals surface area contributed by atoms with E-state index in [-0.39, 0.29) is 54.0 Å². The molecule has 2 aliphatic rings. The van der Waals surface area contributed by atoms with Gasteiger partial charge in [0.05, 0.1) is 21.8 Å². The van der Waals surface area contributed by atoms with E-state index < -0.39 is 21.9 Å². The number of nitro benzene ring substituents is 2. The molecule has 2 aromatic carbocycles. The Bertz CT molecular complexity index is 1360. The molecule has 13 nitrogen and oxygen atoms in total. The van der Waals surface area contributed by atoms with Crippen LogP contribution in [0.1, 0.15) is 24.5 Å². The number of amides is 2. The van der Waals surface area contributed by atoms with E-state index in [9.17, 15) is 39.7 Å². The molecule has 2 aliphatic heterocycles. The van der Waals surface area contributed by atoms with Crippen molar-refractivity contribution in [1.82, 2.24) is 10.2 Å². The van der Waals surface area contributed by atoms with Crippen LogP contribution in [0.3, 0.4) is 0 Å². The maximum Gasteiger partial charge on any atom is 0.407 e. The van der Waals surface area contributed by atoms with Gasteiger partial charge in [-0.15, -0.1) is 11.8 Å². The zero-order valence-electron chi connectivity index (χ0n) is 21.3. The van der Waals surface area contributed by atoms with Crippen molar-refractivity contribution in [3.63, 3.8) is 0 Å². The monoisotopic (exact) mass is 570 g/mol.